The molecule has 0 unspecified atom stereocenters. The summed E-state index contributed by atoms with van der Waals surface area (Å²) < 4.78 is 0. The van der Waals surface area contributed by atoms with Gasteiger partial charge in [-0.25, -0.2) is 0 Å². The highest BCUT2D eigenvalue weighted by Gasteiger charge is 1.82. The van der Waals surface area contributed by atoms with Crippen molar-refractivity contribution in [3.63, 3.8) is 0 Å². The Morgan fingerprint density at radius 1 is 1.00 bits per heavy atom. The minimum Gasteiger partial charge on any atom is -0.156 e. The average molecular weight is 136 g/mol. The second-order valence-corrected chi connectivity index (χ2v) is 1.82. The first-order valence-electron chi connectivity index (χ1n) is 3.06. The molecule has 0 aliphatic rings. The predicted molar refractivity (Wildman–Crippen MR) is 42.8 cm³/mol. The third-order valence-corrected chi connectivity index (χ3v) is 0.931. The molecule has 54 valence electrons. The van der Waals surface area contributed by atoms with Gasteiger partial charge in [-0.3, -0.25) is 0 Å². The molecular weight excluding hydrogens is 124 g/mol. The summed E-state index contributed by atoms with van der Waals surface area (Å²) in [6.45, 7) is 9.85. The highest BCUT2D eigenvalue weighted by Crippen LogP contribution is 1.90. The molecule has 0 amide bonds. The van der Waals surface area contributed by atoms with Gasteiger partial charge in [0, 0.05) is 0 Å². The minimum absolute atomic E-state index is 0.968. The van der Waals surface area contributed by atoms with Crippen LogP contribution in [0.3, 0.4) is 0 Å². The standard InChI is InChI=1S/C6H8N2.C2H4/c1-5-3-4-6(2)8-7-5;1-2/h3-4H,1-2H3;1-2H2. The zero-order valence-corrected chi connectivity index (χ0v) is 6.46. The van der Waals surface area contributed by atoms with E-state index in [-0.39, 0.29) is 0 Å². The van der Waals surface area contributed by atoms with Crippen LogP contribution in [0.1, 0.15) is 11.4 Å². The average Bonchev–Trinajstić information content (AvgIpc) is 2.00. The van der Waals surface area contributed by atoms with Crippen molar-refractivity contribution in [1.29, 1.82) is 0 Å². The van der Waals surface area contributed by atoms with Gasteiger partial charge >= 0.3 is 0 Å². The van der Waals surface area contributed by atoms with E-state index in [4.69, 9.17) is 0 Å². The van der Waals surface area contributed by atoms with Crippen molar-refractivity contribution < 1.29 is 0 Å². The van der Waals surface area contributed by atoms with Crippen molar-refractivity contribution in [1.82, 2.24) is 10.2 Å². The Kier molecular flexibility index (Phi) is 4.12. The fraction of sp³-hybridized carbons (Fsp3) is 0.250. The lowest BCUT2D eigenvalue weighted by Crippen LogP contribution is -1.86. The second-order valence-electron chi connectivity index (χ2n) is 1.82. The van der Waals surface area contributed by atoms with Gasteiger partial charge in [-0.15, -0.1) is 13.2 Å². The van der Waals surface area contributed by atoms with Crippen molar-refractivity contribution in [3.05, 3.63) is 36.7 Å². The van der Waals surface area contributed by atoms with Crippen LogP contribution in [0, 0.1) is 13.8 Å². The summed E-state index contributed by atoms with van der Waals surface area (Å²) in [5.41, 5.74) is 1.94. The van der Waals surface area contributed by atoms with Gasteiger partial charge in [-0.1, -0.05) is 0 Å². The van der Waals surface area contributed by atoms with Crippen LogP contribution in [0.25, 0.3) is 0 Å². The van der Waals surface area contributed by atoms with E-state index in [1.807, 2.05) is 26.0 Å². The Balaban J connectivity index is 0.000000371. The molecule has 0 saturated heterocycles. The van der Waals surface area contributed by atoms with Crippen LogP contribution in [0.4, 0.5) is 0 Å². The molecule has 0 fully saturated rings. The molecule has 2 nitrogen and oxygen atoms in total. The Labute approximate surface area is 61.6 Å². The maximum Gasteiger partial charge on any atom is 0.0600 e. The van der Waals surface area contributed by atoms with Gasteiger partial charge in [0.2, 0.25) is 0 Å². The van der Waals surface area contributed by atoms with Gasteiger partial charge in [0.15, 0.2) is 0 Å². The van der Waals surface area contributed by atoms with Crippen LogP contribution >= 0.6 is 0 Å². The summed E-state index contributed by atoms with van der Waals surface area (Å²) in [6, 6.07) is 3.89. The van der Waals surface area contributed by atoms with Crippen LogP contribution in [-0.2, 0) is 0 Å². The first-order valence-corrected chi connectivity index (χ1v) is 3.06. The second kappa shape index (κ2) is 4.68. The van der Waals surface area contributed by atoms with Crippen molar-refractivity contribution in [3.8, 4) is 0 Å². The van der Waals surface area contributed by atoms with Crippen LogP contribution in [0.15, 0.2) is 25.3 Å². The highest BCUT2D eigenvalue weighted by molar-refractivity contribution is 5.02. The topological polar surface area (TPSA) is 25.8 Å². The number of aryl methyl sites for hydroxylation is 2. The first kappa shape index (κ1) is 8.82. The molecule has 1 aromatic heterocycles. The molecule has 0 bridgehead atoms. The maximum atomic E-state index is 3.83. The summed E-state index contributed by atoms with van der Waals surface area (Å²) in [7, 11) is 0. The van der Waals surface area contributed by atoms with Gasteiger partial charge in [-0.2, -0.15) is 10.2 Å². The number of rotatable bonds is 0. The van der Waals surface area contributed by atoms with Gasteiger partial charge in [0.1, 0.15) is 0 Å². The predicted octanol–water partition coefficient (Wildman–Crippen LogP) is 1.90. The SMILES string of the molecule is C=C.Cc1ccc(C)nn1. The molecular formula is C8H12N2. The normalized spacial score (nSPS) is 7.80. The Morgan fingerprint density at radius 3 is 1.50 bits per heavy atom. The molecule has 1 heterocycles. The fourth-order valence-electron chi connectivity index (χ4n) is 0.466. The molecule has 0 radical (unpaired) electrons. The zero-order chi connectivity index (χ0) is 7.98. The molecule has 0 aliphatic heterocycles. The smallest absolute Gasteiger partial charge is 0.0600 e. The molecule has 10 heavy (non-hydrogen) atoms. The molecule has 0 saturated carbocycles. The van der Waals surface area contributed by atoms with Gasteiger partial charge in [-0.05, 0) is 26.0 Å². The zero-order valence-electron chi connectivity index (χ0n) is 6.46. The molecule has 1 aromatic rings. The van der Waals surface area contributed by atoms with Crippen molar-refractivity contribution in [2.45, 2.75) is 13.8 Å². The Morgan fingerprint density at radius 2 is 1.30 bits per heavy atom. The molecule has 0 spiro atoms. The van der Waals surface area contributed by atoms with E-state index in [1.54, 1.807) is 0 Å². The minimum atomic E-state index is 0.968. The van der Waals surface area contributed by atoms with Crippen molar-refractivity contribution >= 4 is 0 Å². The molecule has 1 rings (SSSR count). The van der Waals surface area contributed by atoms with Crippen molar-refractivity contribution in [2.75, 3.05) is 0 Å². The third kappa shape index (κ3) is 2.97. The quantitative estimate of drug-likeness (QED) is 0.509. The summed E-state index contributed by atoms with van der Waals surface area (Å²) in [5.74, 6) is 0. The summed E-state index contributed by atoms with van der Waals surface area (Å²) >= 11 is 0. The lowest BCUT2D eigenvalue weighted by Gasteiger charge is -1.87. The van der Waals surface area contributed by atoms with E-state index in [2.05, 4.69) is 23.4 Å². The molecule has 0 aliphatic carbocycles. The third-order valence-electron chi connectivity index (χ3n) is 0.931. The number of hydrogen-bond acceptors (Lipinski definition) is 2. The van der Waals surface area contributed by atoms with Crippen molar-refractivity contribution in [2.24, 2.45) is 0 Å². The van der Waals surface area contributed by atoms with E-state index in [0.29, 0.717) is 0 Å². The molecule has 0 atom stereocenters. The van der Waals surface area contributed by atoms with Gasteiger partial charge < -0.3 is 0 Å². The first-order chi connectivity index (χ1) is 4.79. The van der Waals surface area contributed by atoms with E-state index in [9.17, 15) is 0 Å². The van der Waals surface area contributed by atoms with Gasteiger partial charge in [0.05, 0.1) is 11.4 Å². The summed E-state index contributed by atoms with van der Waals surface area (Å²) in [6.07, 6.45) is 0. The van der Waals surface area contributed by atoms with Crippen LogP contribution in [0.2, 0.25) is 0 Å². The summed E-state index contributed by atoms with van der Waals surface area (Å²) in [5, 5.41) is 7.66. The maximum absolute atomic E-state index is 3.83. The van der Waals surface area contributed by atoms with E-state index >= 15 is 0 Å². The molecule has 0 aromatic carbocycles. The lowest BCUT2D eigenvalue weighted by molar-refractivity contribution is 0.941. The molecule has 2 heteroatoms. The Bertz CT molecular complexity index is 158. The van der Waals surface area contributed by atoms with Crippen LogP contribution < -0.4 is 0 Å². The number of aromatic nitrogens is 2. The lowest BCUT2D eigenvalue weighted by atomic mass is 10.4. The monoisotopic (exact) mass is 136 g/mol. The van der Waals surface area contributed by atoms with Crippen LogP contribution in [0.5, 0.6) is 0 Å². The Hall–Kier alpha value is -1.18. The summed E-state index contributed by atoms with van der Waals surface area (Å²) in [4.78, 5) is 0. The molecule has 0 N–H and O–H groups in total. The highest BCUT2D eigenvalue weighted by atomic mass is 15.1. The van der Waals surface area contributed by atoms with Gasteiger partial charge in [0.25, 0.3) is 0 Å². The van der Waals surface area contributed by atoms with E-state index in [0.717, 1.165) is 11.4 Å². The largest absolute Gasteiger partial charge is 0.156 e. The van der Waals surface area contributed by atoms with E-state index in [1.165, 1.54) is 0 Å². The number of hydrogen-bond donors (Lipinski definition) is 0. The van der Waals surface area contributed by atoms with Crippen LogP contribution in [-0.4, -0.2) is 10.2 Å². The number of nitrogens with zero attached hydrogens (tertiary/aromatic N) is 2. The van der Waals surface area contributed by atoms with E-state index < -0.39 is 0 Å². The fourth-order valence-corrected chi connectivity index (χ4v) is 0.466.